The summed E-state index contributed by atoms with van der Waals surface area (Å²) >= 11 is 0. The van der Waals surface area contributed by atoms with Crippen molar-refractivity contribution in [2.75, 3.05) is 13.1 Å². The zero-order valence-electron chi connectivity index (χ0n) is 24.9. The van der Waals surface area contributed by atoms with Gasteiger partial charge in [0.1, 0.15) is 0 Å². The van der Waals surface area contributed by atoms with Crippen LogP contribution in [-0.4, -0.2) is 52.3 Å². The number of carbonyl (C=O) groups excluding carboxylic acids is 5. The van der Waals surface area contributed by atoms with Crippen LogP contribution in [0.4, 0.5) is 0 Å². The molecule has 0 N–H and O–H groups in total. The Morgan fingerprint density at radius 1 is 0.500 bits per heavy atom. The van der Waals surface area contributed by atoms with Crippen molar-refractivity contribution in [2.45, 2.75) is 25.7 Å². The molecule has 224 valence electrons. The van der Waals surface area contributed by atoms with E-state index in [9.17, 15) is 24.0 Å². The van der Waals surface area contributed by atoms with Crippen molar-refractivity contribution in [2.24, 2.45) is 0 Å². The molecule has 4 aromatic carbocycles. The van der Waals surface area contributed by atoms with Gasteiger partial charge < -0.3 is 0 Å². The number of benzene rings is 4. The van der Waals surface area contributed by atoms with Crippen LogP contribution in [0.3, 0.4) is 0 Å². The van der Waals surface area contributed by atoms with Crippen molar-refractivity contribution in [3.8, 4) is 0 Å². The minimum atomic E-state index is -0.459. The van der Waals surface area contributed by atoms with Gasteiger partial charge in [-0.2, -0.15) is 0 Å². The first-order chi connectivity index (χ1) is 22.4. The number of imide groups is 2. The molecule has 46 heavy (non-hydrogen) atoms. The molecule has 0 unspecified atom stereocenters. The van der Waals surface area contributed by atoms with Gasteiger partial charge in [-0.25, -0.2) is 0 Å². The van der Waals surface area contributed by atoms with Gasteiger partial charge in [-0.3, -0.25) is 33.8 Å². The van der Waals surface area contributed by atoms with Crippen LogP contribution in [0.5, 0.6) is 0 Å². The maximum Gasteiger partial charge on any atom is 0.261 e. The molecule has 0 saturated heterocycles. The summed E-state index contributed by atoms with van der Waals surface area (Å²) in [6.45, 7) is 0.235. The molecular formula is C39H28N2O5. The summed E-state index contributed by atoms with van der Waals surface area (Å²) in [5, 5.41) is 0. The summed E-state index contributed by atoms with van der Waals surface area (Å²) in [6.07, 6.45) is 11.8. The molecule has 0 fully saturated rings. The van der Waals surface area contributed by atoms with E-state index in [1.165, 1.54) is 68.5 Å². The third kappa shape index (κ3) is 4.55. The Kier molecular flexibility index (Phi) is 6.49. The average molecular weight is 605 g/mol. The largest absolute Gasteiger partial charge is 0.289 e. The van der Waals surface area contributed by atoms with Crippen LogP contribution in [0.15, 0.2) is 84.9 Å². The van der Waals surface area contributed by atoms with Gasteiger partial charge in [0, 0.05) is 24.2 Å². The zero-order chi connectivity index (χ0) is 31.5. The first-order valence-corrected chi connectivity index (χ1v) is 15.5. The molecule has 0 aromatic heterocycles. The highest BCUT2D eigenvalue weighted by Gasteiger charge is 2.37. The lowest BCUT2D eigenvalue weighted by molar-refractivity contribution is 0.0656. The van der Waals surface area contributed by atoms with Gasteiger partial charge in [0.05, 0.1) is 22.3 Å². The first kappa shape index (κ1) is 27.8. The predicted molar refractivity (Wildman–Crippen MR) is 173 cm³/mol. The molecule has 7 heteroatoms. The summed E-state index contributed by atoms with van der Waals surface area (Å²) in [4.78, 5) is 68.3. The molecule has 0 spiro atoms. The fourth-order valence-electron chi connectivity index (χ4n) is 6.59. The lowest BCUT2D eigenvalue weighted by Gasteiger charge is -2.18. The topological polar surface area (TPSA) is 91.8 Å². The highest BCUT2D eigenvalue weighted by atomic mass is 16.2. The number of rotatable bonds is 8. The van der Waals surface area contributed by atoms with Crippen LogP contribution in [0.1, 0.15) is 90.7 Å². The lowest BCUT2D eigenvalue weighted by Crippen LogP contribution is -2.29. The molecular weight excluding hydrogens is 576 g/mol. The van der Waals surface area contributed by atoms with Crippen molar-refractivity contribution in [1.29, 1.82) is 0 Å². The fraction of sp³-hybridized carbons (Fsp3) is 0.154. The number of hydrogen-bond donors (Lipinski definition) is 0. The van der Waals surface area contributed by atoms with E-state index in [-0.39, 0.29) is 46.5 Å². The van der Waals surface area contributed by atoms with E-state index in [2.05, 4.69) is 24.3 Å². The SMILES string of the molecule is O=C(c1ccc2c(c1)C(=O)N(C/C=C/c1ccc3c(c1)CC3)C2=O)c1ccc2c(c1)C(=O)N(C/C=C/c1ccc3c(c1)CC3)C2=O. The smallest absolute Gasteiger partial charge is 0.261 e. The van der Waals surface area contributed by atoms with Crippen molar-refractivity contribution < 1.29 is 24.0 Å². The van der Waals surface area contributed by atoms with Crippen LogP contribution < -0.4 is 0 Å². The molecule has 0 saturated carbocycles. The molecule has 2 heterocycles. The summed E-state index contributed by atoms with van der Waals surface area (Å²) in [5.74, 6) is -2.14. The van der Waals surface area contributed by atoms with E-state index in [0.717, 1.165) is 36.8 Å². The number of hydrogen-bond acceptors (Lipinski definition) is 5. The van der Waals surface area contributed by atoms with E-state index in [1.807, 2.05) is 24.3 Å². The van der Waals surface area contributed by atoms with Gasteiger partial charge in [0.25, 0.3) is 23.6 Å². The third-order valence-electron chi connectivity index (χ3n) is 9.45. The van der Waals surface area contributed by atoms with Crippen LogP contribution in [-0.2, 0) is 25.7 Å². The van der Waals surface area contributed by atoms with Gasteiger partial charge in [0.15, 0.2) is 5.78 Å². The summed E-state index contributed by atoms with van der Waals surface area (Å²) < 4.78 is 0. The second-order valence-corrected chi connectivity index (χ2v) is 12.2. The highest BCUT2D eigenvalue weighted by molar-refractivity contribution is 6.24. The Labute approximate surface area is 265 Å². The lowest BCUT2D eigenvalue weighted by atomic mass is 9.87. The Bertz CT molecular complexity index is 1970. The van der Waals surface area contributed by atoms with Gasteiger partial charge in [-0.05, 0) is 83.3 Å². The molecule has 0 atom stereocenters. The molecule has 0 bridgehead atoms. The maximum absolute atomic E-state index is 13.5. The van der Waals surface area contributed by atoms with E-state index in [4.69, 9.17) is 0 Å². The molecule has 8 rings (SSSR count). The zero-order valence-corrected chi connectivity index (χ0v) is 24.9. The van der Waals surface area contributed by atoms with Gasteiger partial charge in [-0.15, -0.1) is 0 Å². The van der Waals surface area contributed by atoms with Crippen molar-refractivity contribution >= 4 is 41.6 Å². The van der Waals surface area contributed by atoms with Gasteiger partial charge in [0.2, 0.25) is 0 Å². The number of fused-ring (bicyclic) bond motifs is 4. The molecule has 4 aromatic rings. The Hall–Kier alpha value is -5.69. The van der Waals surface area contributed by atoms with Crippen LogP contribution in [0.25, 0.3) is 12.2 Å². The number of amides is 4. The Balaban J connectivity index is 0.961. The standard InChI is InChI=1S/C39H28N2O5/c42-35(29-13-15-31-33(21-29)38(45)40(36(31)43)17-1-3-23-5-7-25-9-11-27(25)19-23)30-14-16-32-34(22-30)39(46)41(37(32)44)18-2-4-24-6-8-26-10-12-28(26)20-24/h1-8,13-16,19-22H,9-12,17-18H2/b3-1+,4-2+. The van der Waals surface area contributed by atoms with Gasteiger partial charge in [-0.1, -0.05) is 72.8 Å². The van der Waals surface area contributed by atoms with E-state index in [1.54, 1.807) is 12.2 Å². The Morgan fingerprint density at radius 3 is 1.30 bits per heavy atom. The highest BCUT2D eigenvalue weighted by Crippen LogP contribution is 2.29. The van der Waals surface area contributed by atoms with Crippen LogP contribution in [0, 0.1) is 0 Å². The normalized spacial score (nSPS) is 16.1. The molecule has 4 aliphatic rings. The Morgan fingerprint density at radius 2 is 0.913 bits per heavy atom. The third-order valence-corrected chi connectivity index (χ3v) is 9.45. The quantitative estimate of drug-likeness (QED) is 0.189. The number of carbonyl (C=O) groups is 5. The van der Waals surface area contributed by atoms with Crippen LogP contribution in [0.2, 0.25) is 0 Å². The summed E-state index contributed by atoms with van der Waals surface area (Å²) in [5.41, 5.74) is 8.72. The molecule has 4 amide bonds. The molecule has 7 nitrogen and oxygen atoms in total. The first-order valence-electron chi connectivity index (χ1n) is 15.5. The van der Waals surface area contributed by atoms with E-state index < -0.39 is 29.4 Å². The van der Waals surface area contributed by atoms with Crippen molar-refractivity contribution in [1.82, 2.24) is 9.80 Å². The molecule has 2 aliphatic heterocycles. The number of nitrogens with zero attached hydrogens (tertiary/aromatic N) is 2. The van der Waals surface area contributed by atoms with Crippen molar-refractivity contribution in [3.05, 3.63) is 152 Å². The minimum absolute atomic E-state index is 0.118. The minimum Gasteiger partial charge on any atom is -0.289 e. The fourth-order valence-corrected chi connectivity index (χ4v) is 6.59. The second kappa shape index (κ2) is 10.7. The van der Waals surface area contributed by atoms with E-state index >= 15 is 0 Å². The predicted octanol–water partition coefficient (Wildman–Crippen LogP) is 5.73. The number of aryl methyl sites for hydroxylation is 4. The molecule has 0 radical (unpaired) electrons. The van der Waals surface area contributed by atoms with Gasteiger partial charge >= 0.3 is 0 Å². The maximum atomic E-state index is 13.5. The monoisotopic (exact) mass is 604 g/mol. The van der Waals surface area contributed by atoms with Crippen LogP contribution >= 0.6 is 0 Å². The molecule has 2 aliphatic carbocycles. The van der Waals surface area contributed by atoms with Crippen molar-refractivity contribution in [3.63, 3.8) is 0 Å². The number of ketones is 1. The summed E-state index contributed by atoms with van der Waals surface area (Å²) in [6, 6.07) is 21.4. The summed E-state index contributed by atoms with van der Waals surface area (Å²) in [7, 11) is 0. The average Bonchev–Trinajstić information content (AvgIpc) is 3.42. The second-order valence-electron chi connectivity index (χ2n) is 12.2. The van der Waals surface area contributed by atoms with E-state index in [0.29, 0.717) is 0 Å².